The van der Waals surface area contributed by atoms with Gasteiger partial charge in [-0.1, -0.05) is 30.3 Å². The lowest BCUT2D eigenvalue weighted by Gasteiger charge is -2.28. The molecule has 2 saturated heterocycles. The number of likely N-dealkylation sites (tertiary alicyclic amines) is 1. The zero-order valence-corrected chi connectivity index (χ0v) is 14.0. The third-order valence-corrected chi connectivity index (χ3v) is 5.86. The van der Waals surface area contributed by atoms with E-state index in [0.29, 0.717) is 24.4 Å². The fourth-order valence-electron chi connectivity index (χ4n) is 3.52. The molecule has 4 heteroatoms. The van der Waals surface area contributed by atoms with E-state index >= 15 is 0 Å². The van der Waals surface area contributed by atoms with Gasteiger partial charge in [-0.25, -0.2) is 0 Å². The molecule has 2 fully saturated rings. The van der Waals surface area contributed by atoms with Crippen molar-refractivity contribution < 1.29 is 4.79 Å². The van der Waals surface area contributed by atoms with Crippen molar-refractivity contribution in [3.05, 3.63) is 35.9 Å². The monoisotopic (exact) mass is 318 g/mol. The summed E-state index contributed by atoms with van der Waals surface area (Å²) in [4.78, 5) is 14.8. The molecule has 1 aromatic carbocycles. The summed E-state index contributed by atoms with van der Waals surface area (Å²) in [6.07, 6.45) is 5.19. The molecule has 0 radical (unpaired) electrons. The Kier molecular flexibility index (Phi) is 5.79. The summed E-state index contributed by atoms with van der Waals surface area (Å²) in [7, 11) is 0. The van der Waals surface area contributed by atoms with Gasteiger partial charge in [0, 0.05) is 43.1 Å². The maximum Gasteiger partial charge on any atom is 0.224 e. The summed E-state index contributed by atoms with van der Waals surface area (Å²) in [6.45, 7) is 2.00. The number of rotatable bonds is 5. The lowest BCUT2D eigenvalue weighted by Crippen LogP contribution is -2.44. The number of nitrogens with zero attached hydrogens (tertiary/aromatic N) is 1. The zero-order valence-electron chi connectivity index (χ0n) is 13.2. The van der Waals surface area contributed by atoms with Crippen molar-refractivity contribution in [2.45, 2.75) is 44.2 Å². The number of hydrogen-bond donors (Lipinski definition) is 1. The van der Waals surface area contributed by atoms with Crippen LogP contribution in [0.15, 0.2) is 30.3 Å². The highest BCUT2D eigenvalue weighted by molar-refractivity contribution is 7.99. The van der Waals surface area contributed by atoms with E-state index in [1.807, 2.05) is 11.8 Å². The van der Waals surface area contributed by atoms with Crippen LogP contribution in [0.3, 0.4) is 0 Å². The number of thioether (sulfide) groups is 1. The smallest absolute Gasteiger partial charge is 0.224 e. The van der Waals surface area contributed by atoms with E-state index in [1.165, 1.54) is 17.7 Å². The Balaban J connectivity index is 1.50. The van der Waals surface area contributed by atoms with Crippen molar-refractivity contribution in [3.8, 4) is 0 Å². The summed E-state index contributed by atoms with van der Waals surface area (Å²) < 4.78 is 0. The van der Waals surface area contributed by atoms with Gasteiger partial charge >= 0.3 is 0 Å². The number of nitrogens with one attached hydrogen (secondary N) is 1. The van der Waals surface area contributed by atoms with E-state index < -0.39 is 0 Å². The normalized spacial score (nSPS) is 25.4. The molecule has 120 valence electrons. The van der Waals surface area contributed by atoms with Gasteiger partial charge in [-0.2, -0.15) is 11.8 Å². The standard InChI is InChI=1S/C18H26N2OS/c21-18(13-16-14-22-12-10-19-16)20-11-4-7-17(20)9-8-15-5-2-1-3-6-15/h1-3,5-6,16-17,19H,4,7-14H2. The van der Waals surface area contributed by atoms with Gasteiger partial charge in [0.05, 0.1) is 0 Å². The second-order valence-corrected chi connectivity index (χ2v) is 7.49. The van der Waals surface area contributed by atoms with Crippen LogP contribution in [0.4, 0.5) is 0 Å². The molecule has 3 rings (SSSR count). The lowest BCUT2D eigenvalue weighted by atomic mass is 10.0. The fourth-order valence-corrected chi connectivity index (χ4v) is 4.47. The van der Waals surface area contributed by atoms with Crippen LogP contribution in [0.2, 0.25) is 0 Å². The minimum atomic E-state index is 0.357. The number of aryl methyl sites for hydroxylation is 1. The first-order chi connectivity index (χ1) is 10.8. The van der Waals surface area contributed by atoms with Crippen molar-refractivity contribution in [2.24, 2.45) is 0 Å². The summed E-state index contributed by atoms with van der Waals surface area (Å²) in [5.41, 5.74) is 1.38. The van der Waals surface area contributed by atoms with Crippen LogP contribution in [0, 0.1) is 0 Å². The summed E-state index contributed by atoms with van der Waals surface area (Å²) in [5.74, 6) is 2.61. The summed E-state index contributed by atoms with van der Waals surface area (Å²) >= 11 is 1.96. The molecule has 2 aliphatic rings. The Hall–Kier alpha value is -1.00. The molecule has 2 aliphatic heterocycles. The molecule has 22 heavy (non-hydrogen) atoms. The first-order valence-electron chi connectivity index (χ1n) is 8.47. The molecule has 0 saturated carbocycles. The van der Waals surface area contributed by atoms with E-state index in [9.17, 15) is 4.79 Å². The SMILES string of the molecule is O=C(CC1CSCCN1)N1CCCC1CCc1ccccc1. The van der Waals surface area contributed by atoms with E-state index in [4.69, 9.17) is 0 Å². The third kappa shape index (κ3) is 4.26. The molecule has 1 N–H and O–H groups in total. The molecule has 2 atom stereocenters. The van der Waals surface area contributed by atoms with Crippen LogP contribution in [0.5, 0.6) is 0 Å². The average Bonchev–Trinajstić information content (AvgIpc) is 3.03. The molecule has 3 nitrogen and oxygen atoms in total. The van der Waals surface area contributed by atoms with Gasteiger partial charge in [-0.15, -0.1) is 0 Å². The first kappa shape index (κ1) is 15.9. The fraction of sp³-hybridized carbons (Fsp3) is 0.611. The van der Waals surface area contributed by atoms with E-state index in [2.05, 4.69) is 40.5 Å². The van der Waals surface area contributed by atoms with E-state index in [0.717, 1.165) is 38.1 Å². The minimum absolute atomic E-state index is 0.357. The molecule has 0 bridgehead atoms. The van der Waals surface area contributed by atoms with E-state index in [1.54, 1.807) is 0 Å². The predicted molar refractivity (Wildman–Crippen MR) is 93.2 cm³/mol. The third-order valence-electron chi connectivity index (χ3n) is 4.73. The average molecular weight is 318 g/mol. The predicted octanol–water partition coefficient (Wildman–Crippen LogP) is 2.71. The number of hydrogen-bond acceptors (Lipinski definition) is 3. The molecule has 2 heterocycles. The van der Waals surface area contributed by atoms with Crippen LogP contribution >= 0.6 is 11.8 Å². The highest BCUT2D eigenvalue weighted by atomic mass is 32.2. The molecule has 1 aromatic rings. The van der Waals surface area contributed by atoms with Crippen LogP contribution in [-0.2, 0) is 11.2 Å². The summed E-state index contributed by atoms with van der Waals surface area (Å²) in [5, 5.41) is 3.48. The zero-order chi connectivity index (χ0) is 15.2. The van der Waals surface area contributed by atoms with Gasteiger partial charge in [0.15, 0.2) is 0 Å². The maximum atomic E-state index is 12.6. The molecule has 0 spiro atoms. The Morgan fingerprint density at radius 3 is 2.95 bits per heavy atom. The van der Waals surface area contributed by atoms with Gasteiger partial charge in [-0.05, 0) is 31.2 Å². The number of carbonyl (C=O) groups excluding carboxylic acids is 1. The Morgan fingerprint density at radius 1 is 1.32 bits per heavy atom. The minimum Gasteiger partial charge on any atom is -0.340 e. The van der Waals surface area contributed by atoms with Crippen molar-refractivity contribution in [1.82, 2.24) is 10.2 Å². The number of carbonyl (C=O) groups is 1. The van der Waals surface area contributed by atoms with Crippen LogP contribution < -0.4 is 5.32 Å². The van der Waals surface area contributed by atoms with Crippen LogP contribution in [0.25, 0.3) is 0 Å². The Morgan fingerprint density at radius 2 is 2.18 bits per heavy atom. The van der Waals surface area contributed by atoms with Gasteiger partial charge in [0.1, 0.15) is 0 Å². The highest BCUT2D eigenvalue weighted by Crippen LogP contribution is 2.23. The highest BCUT2D eigenvalue weighted by Gasteiger charge is 2.29. The van der Waals surface area contributed by atoms with Gasteiger partial charge in [0.2, 0.25) is 5.91 Å². The number of benzene rings is 1. The van der Waals surface area contributed by atoms with Gasteiger partial charge < -0.3 is 10.2 Å². The number of amides is 1. The second-order valence-electron chi connectivity index (χ2n) is 6.34. The largest absolute Gasteiger partial charge is 0.340 e. The molecular weight excluding hydrogens is 292 g/mol. The first-order valence-corrected chi connectivity index (χ1v) is 9.63. The van der Waals surface area contributed by atoms with Crippen molar-refractivity contribution >= 4 is 17.7 Å². The molecule has 0 aromatic heterocycles. The second kappa shape index (κ2) is 8.02. The van der Waals surface area contributed by atoms with Crippen LogP contribution in [-0.4, -0.2) is 47.5 Å². The van der Waals surface area contributed by atoms with E-state index in [-0.39, 0.29) is 0 Å². The molecule has 2 unspecified atom stereocenters. The summed E-state index contributed by atoms with van der Waals surface area (Å²) in [6, 6.07) is 11.4. The Labute approximate surface area is 137 Å². The molecule has 0 aliphatic carbocycles. The lowest BCUT2D eigenvalue weighted by molar-refractivity contribution is -0.132. The van der Waals surface area contributed by atoms with Crippen molar-refractivity contribution in [1.29, 1.82) is 0 Å². The quantitative estimate of drug-likeness (QED) is 0.906. The molecular formula is C18H26N2OS. The van der Waals surface area contributed by atoms with Gasteiger partial charge in [0.25, 0.3) is 0 Å². The Bertz CT molecular complexity index is 473. The van der Waals surface area contributed by atoms with Crippen molar-refractivity contribution in [2.75, 3.05) is 24.6 Å². The molecule has 1 amide bonds. The van der Waals surface area contributed by atoms with Crippen LogP contribution in [0.1, 0.15) is 31.2 Å². The van der Waals surface area contributed by atoms with Gasteiger partial charge in [-0.3, -0.25) is 4.79 Å². The van der Waals surface area contributed by atoms with Crippen molar-refractivity contribution in [3.63, 3.8) is 0 Å². The topological polar surface area (TPSA) is 32.3 Å². The maximum absolute atomic E-state index is 12.6.